The Balaban J connectivity index is 1.82. The molecule has 1 heterocycles. The largest absolute Gasteiger partial charge is 0.491 e. The molecule has 3 nitrogen and oxygen atoms in total. The minimum Gasteiger partial charge on any atom is -0.491 e. The van der Waals surface area contributed by atoms with Crippen molar-refractivity contribution >= 4 is 0 Å². The van der Waals surface area contributed by atoms with E-state index in [0.29, 0.717) is 0 Å². The molecule has 106 valence electrons. The minimum atomic E-state index is 0.202. The number of nitrogens with zero attached hydrogens (tertiary/aromatic N) is 1. The summed E-state index contributed by atoms with van der Waals surface area (Å²) in [6, 6.07) is 12.3. The van der Waals surface area contributed by atoms with Crippen molar-refractivity contribution < 1.29 is 4.74 Å². The average molecular weight is 270 g/mol. The molecule has 0 spiro atoms. The number of nitrogens with one attached hydrogen (secondary N) is 1. The van der Waals surface area contributed by atoms with Crippen LogP contribution in [-0.4, -0.2) is 17.6 Å². The van der Waals surface area contributed by atoms with Crippen LogP contribution in [0.25, 0.3) is 0 Å². The van der Waals surface area contributed by atoms with E-state index in [4.69, 9.17) is 4.74 Å². The van der Waals surface area contributed by atoms with Crippen molar-refractivity contribution in [2.24, 2.45) is 0 Å². The van der Waals surface area contributed by atoms with Gasteiger partial charge >= 0.3 is 0 Å². The number of aromatic nitrogens is 1. The Kier molecular flexibility index (Phi) is 5.56. The fourth-order valence-corrected chi connectivity index (χ4v) is 2.02. The topological polar surface area (TPSA) is 34.1 Å². The van der Waals surface area contributed by atoms with Gasteiger partial charge in [-0.15, -0.1) is 0 Å². The fraction of sp³-hybridized carbons (Fsp3) is 0.353. The van der Waals surface area contributed by atoms with Gasteiger partial charge in [0.25, 0.3) is 0 Å². The van der Waals surface area contributed by atoms with Crippen molar-refractivity contribution in [2.45, 2.75) is 32.9 Å². The van der Waals surface area contributed by atoms with E-state index < -0.39 is 0 Å². The first-order valence-electron chi connectivity index (χ1n) is 7.10. The second-order valence-electron chi connectivity index (χ2n) is 5.06. The third kappa shape index (κ3) is 4.67. The number of benzene rings is 1. The lowest BCUT2D eigenvalue weighted by Crippen LogP contribution is -2.18. The molecule has 0 saturated heterocycles. The number of pyridine rings is 1. The highest BCUT2D eigenvalue weighted by Gasteiger charge is 2.04. The Morgan fingerprint density at radius 1 is 1.10 bits per heavy atom. The van der Waals surface area contributed by atoms with Crippen LogP contribution in [0, 0.1) is 0 Å². The number of para-hydroxylation sites is 1. The molecule has 0 bridgehead atoms. The summed E-state index contributed by atoms with van der Waals surface area (Å²) in [7, 11) is 0. The van der Waals surface area contributed by atoms with E-state index in [1.807, 2.05) is 44.4 Å². The van der Waals surface area contributed by atoms with E-state index in [2.05, 4.69) is 28.5 Å². The molecule has 1 aromatic carbocycles. The third-order valence-corrected chi connectivity index (χ3v) is 2.99. The molecule has 1 N–H and O–H groups in total. The minimum absolute atomic E-state index is 0.202. The Morgan fingerprint density at radius 2 is 1.85 bits per heavy atom. The molecule has 3 heteroatoms. The molecule has 0 amide bonds. The van der Waals surface area contributed by atoms with Crippen molar-refractivity contribution in [1.29, 1.82) is 0 Å². The van der Waals surface area contributed by atoms with Crippen LogP contribution in [-0.2, 0) is 13.0 Å². The van der Waals surface area contributed by atoms with E-state index in [1.54, 1.807) is 0 Å². The molecule has 0 radical (unpaired) electrons. The average Bonchev–Trinajstić information content (AvgIpc) is 2.46. The maximum Gasteiger partial charge on any atom is 0.124 e. The second kappa shape index (κ2) is 7.65. The standard InChI is InChI=1S/C17H22N2O/c1-14(2)20-17-6-4-3-5-16(17)13-19-12-9-15-7-10-18-11-8-15/h3-8,10-11,14,19H,9,12-13H2,1-2H3. The van der Waals surface area contributed by atoms with Crippen LogP contribution in [0.2, 0.25) is 0 Å². The Hall–Kier alpha value is -1.87. The van der Waals surface area contributed by atoms with Crippen LogP contribution in [0.4, 0.5) is 0 Å². The van der Waals surface area contributed by atoms with E-state index in [-0.39, 0.29) is 6.10 Å². The van der Waals surface area contributed by atoms with Crippen molar-refractivity contribution in [2.75, 3.05) is 6.54 Å². The SMILES string of the molecule is CC(C)Oc1ccccc1CNCCc1ccncc1. The maximum absolute atomic E-state index is 5.81. The van der Waals surface area contributed by atoms with E-state index in [0.717, 1.165) is 25.3 Å². The van der Waals surface area contributed by atoms with E-state index in [9.17, 15) is 0 Å². The summed E-state index contributed by atoms with van der Waals surface area (Å²) in [5.74, 6) is 0.971. The van der Waals surface area contributed by atoms with Crippen LogP contribution in [0.15, 0.2) is 48.8 Å². The molecule has 0 fully saturated rings. The van der Waals surface area contributed by atoms with Gasteiger partial charge in [0.2, 0.25) is 0 Å². The number of hydrogen-bond acceptors (Lipinski definition) is 3. The normalized spacial score (nSPS) is 10.8. The second-order valence-corrected chi connectivity index (χ2v) is 5.06. The lowest BCUT2D eigenvalue weighted by Gasteiger charge is -2.14. The monoisotopic (exact) mass is 270 g/mol. The molecule has 0 unspecified atom stereocenters. The van der Waals surface area contributed by atoms with Crippen molar-refractivity contribution in [3.8, 4) is 5.75 Å². The van der Waals surface area contributed by atoms with E-state index in [1.165, 1.54) is 11.1 Å². The highest BCUT2D eigenvalue weighted by atomic mass is 16.5. The maximum atomic E-state index is 5.81. The Bertz CT molecular complexity index is 511. The number of ether oxygens (including phenoxy) is 1. The number of hydrogen-bond donors (Lipinski definition) is 1. The summed E-state index contributed by atoms with van der Waals surface area (Å²) in [6.07, 6.45) is 4.88. The van der Waals surface area contributed by atoms with Crippen molar-refractivity contribution in [1.82, 2.24) is 10.3 Å². The molecule has 0 aliphatic heterocycles. The fourth-order valence-electron chi connectivity index (χ4n) is 2.02. The lowest BCUT2D eigenvalue weighted by atomic mass is 10.1. The lowest BCUT2D eigenvalue weighted by molar-refractivity contribution is 0.239. The van der Waals surface area contributed by atoms with Gasteiger partial charge in [-0.25, -0.2) is 0 Å². The molecule has 0 saturated carbocycles. The highest BCUT2D eigenvalue weighted by molar-refractivity contribution is 5.33. The molecule has 0 aliphatic rings. The van der Waals surface area contributed by atoms with Gasteiger partial charge in [-0.1, -0.05) is 18.2 Å². The molecular weight excluding hydrogens is 248 g/mol. The predicted molar refractivity (Wildman–Crippen MR) is 81.9 cm³/mol. The van der Waals surface area contributed by atoms with Gasteiger partial charge in [-0.3, -0.25) is 4.98 Å². The van der Waals surface area contributed by atoms with Gasteiger partial charge in [0.1, 0.15) is 5.75 Å². The molecule has 1 aromatic heterocycles. The molecular formula is C17H22N2O. The predicted octanol–water partition coefficient (Wildman–Crippen LogP) is 3.20. The zero-order valence-electron chi connectivity index (χ0n) is 12.2. The van der Waals surface area contributed by atoms with Crippen LogP contribution in [0.1, 0.15) is 25.0 Å². The van der Waals surface area contributed by atoms with Crippen LogP contribution in [0.3, 0.4) is 0 Å². The smallest absolute Gasteiger partial charge is 0.124 e. The molecule has 0 atom stereocenters. The molecule has 2 aromatic rings. The quantitative estimate of drug-likeness (QED) is 0.785. The summed E-state index contributed by atoms with van der Waals surface area (Å²) >= 11 is 0. The number of rotatable bonds is 7. The van der Waals surface area contributed by atoms with Gasteiger partial charge < -0.3 is 10.1 Å². The Labute approximate surface area is 121 Å². The first kappa shape index (κ1) is 14.5. The summed E-state index contributed by atoms with van der Waals surface area (Å²) < 4.78 is 5.81. The van der Waals surface area contributed by atoms with Crippen molar-refractivity contribution in [3.05, 3.63) is 59.9 Å². The zero-order valence-corrected chi connectivity index (χ0v) is 12.2. The summed E-state index contributed by atoms with van der Waals surface area (Å²) in [5, 5.41) is 3.46. The van der Waals surface area contributed by atoms with Gasteiger partial charge in [0.15, 0.2) is 0 Å². The Morgan fingerprint density at radius 3 is 2.60 bits per heavy atom. The van der Waals surface area contributed by atoms with Gasteiger partial charge in [0.05, 0.1) is 6.10 Å². The summed E-state index contributed by atoms with van der Waals surface area (Å²) in [4.78, 5) is 4.02. The molecule has 20 heavy (non-hydrogen) atoms. The van der Waals surface area contributed by atoms with Crippen LogP contribution >= 0.6 is 0 Å². The molecule has 0 aliphatic carbocycles. The molecule has 2 rings (SSSR count). The van der Waals surface area contributed by atoms with Gasteiger partial charge in [-0.2, -0.15) is 0 Å². The summed E-state index contributed by atoms with van der Waals surface area (Å²) in [6.45, 7) is 5.87. The third-order valence-electron chi connectivity index (χ3n) is 2.99. The van der Waals surface area contributed by atoms with Crippen LogP contribution in [0.5, 0.6) is 5.75 Å². The summed E-state index contributed by atoms with van der Waals surface area (Å²) in [5.41, 5.74) is 2.51. The zero-order chi connectivity index (χ0) is 14.2. The van der Waals surface area contributed by atoms with Crippen LogP contribution < -0.4 is 10.1 Å². The van der Waals surface area contributed by atoms with Crippen molar-refractivity contribution in [3.63, 3.8) is 0 Å². The van der Waals surface area contributed by atoms with E-state index >= 15 is 0 Å². The van der Waals surface area contributed by atoms with Gasteiger partial charge in [-0.05, 0) is 50.6 Å². The first-order valence-corrected chi connectivity index (χ1v) is 7.10. The highest BCUT2D eigenvalue weighted by Crippen LogP contribution is 2.19. The van der Waals surface area contributed by atoms with Gasteiger partial charge in [0, 0.05) is 24.5 Å². The first-order chi connectivity index (χ1) is 9.75.